The third kappa shape index (κ3) is 5.72. The predicted octanol–water partition coefficient (Wildman–Crippen LogP) is 4.51. The van der Waals surface area contributed by atoms with Crippen LogP contribution in [0.15, 0.2) is 39.9 Å². The molecule has 0 bridgehead atoms. The second-order valence-corrected chi connectivity index (χ2v) is 7.05. The highest BCUT2D eigenvalue weighted by atomic mass is 127. The first-order chi connectivity index (χ1) is 12.1. The highest BCUT2D eigenvalue weighted by Crippen LogP contribution is 2.23. The molecule has 142 valence electrons. The Hall–Kier alpha value is -1.57. The van der Waals surface area contributed by atoms with E-state index >= 15 is 0 Å². The van der Waals surface area contributed by atoms with Gasteiger partial charge in [-0.1, -0.05) is 37.5 Å². The second kappa shape index (κ2) is 9.94. The van der Waals surface area contributed by atoms with Gasteiger partial charge in [-0.3, -0.25) is 4.99 Å². The van der Waals surface area contributed by atoms with Crippen molar-refractivity contribution in [3.05, 3.63) is 41.8 Å². The Labute approximate surface area is 173 Å². The summed E-state index contributed by atoms with van der Waals surface area (Å²) in [4.78, 5) is 8.90. The third-order valence-corrected chi connectivity index (χ3v) is 4.79. The van der Waals surface area contributed by atoms with Crippen LogP contribution in [0.5, 0.6) is 0 Å². The van der Waals surface area contributed by atoms with Gasteiger partial charge in [0.15, 0.2) is 5.96 Å². The summed E-state index contributed by atoms with van der Waals surface area (Å²) < 4.78 is 5.61. The minimum absolute atomic E-state index is 0. The summed E-state index contributed by atoms with van der Waals surface area (Å²) in [6.45, 7) is 4.99. The lowest BCUT2D eigenvalue weighted by molar-refractivity contribution is 0.324. The second-order valence-electron chi connectivity index (χ2n) is 7.05. The molecule has 0 amide bonds. The zero-order chi connectivity index (χ0) is 17.6. The van der Waals surface area contributed by atoms with Crippen LogP contribution in [0.3, 0.4) is 0 Å². The van der Waals surface area contributed by atoms with Gasteiger partial charge in [0, 0.05) is 18.7 Å². The molecule has 1 aliphatic carbocycles. The summed E-state index contributed by atoms with van der Waals surface area (Å²) in [5.41, 5.74) is 3.09. The number of rotatable bonds is 4. The average molecular weight is 468 g/mol. The quantitative estimate of drug-likeness (QED) is 0.394. The molecule has 1 aromatic carbocycles. The number of aryl methyl sites for hydroxylation is 1. The fraction of sp³-hybridized carbons (Fsp3) is 0.500. The Bertz CT molecular complexity index is 711. The summed E-state index contributed by atoms with van der Waals surface area (Å²) in [7, 11) is 1.81. The minimum Gasteiger partial charge on any atom is -0.444 e. The van der Waals surface area contributed by atoms with E-state index < -0.39 is 0 Å². The zero-order valence-corrected chi connectivity index (χ0v) is 18.1. The van der Waals surface area contributed by atoms with Gasteiger partial charge in [0.2, 0.25) is 5.89 Å². The largest absolute Gasteiger partial charge is 0.444 e. The van der Waals surface area contributed by atoms with Gasteiger partial charge in [-0.15, -0.1) is 24.0 Å². The highest BCUT2D eigenvalue weighted by Gasteiger charge is 2.19. The number of nitrogens with zero attached hydrogens (tertiary/aromatic N) is 2. The van der Waals surface area contributed by atoms with E-state index in [0.717, 1.165) is 23.1 Å². The van der Waals surface area contributed by atoms with Crippen LogP contribution in [-0.2, 0) is 6.54 Å². The molecule has 1 fully saturated rings. The topological polar surface area (TPSA) is 62.5 Å². The number of benzene rings is 1. The van der Waals surface area contributed by atoms with E-state index in [1.54, 1.807) is 6.26 Å². The van der Waals surface area contributed by atoms with Crippen LogP contribution in [0.1, 0.15) is 43.9 Å². The lowest BCUT2D eigenvalue weighted by Gasteiger charge is -2.28. The summed E-state index contributed by atoms with van der Waals surface area (Å²) in [6.07, 6.45) is 6.76. The van der Waals surface area contributed by atoms with E-state index in [1.165, 1.54) is 31.2 Å². The van der Waals surface area contributed by atoms with Crippen molar-refractivity contribution < 1.29 is 4.42 Å². The first-order valence-electron chi connectivity index (χ1n) is 9.12. The molecule has 26 heavy (non-hydrogen) atoms. The molecular formula is C20H29IN4O. The van der Waals surface area contributed by atoms with Gasteiger partial charge in [-0.25, -0.2) is 4.98 Å². The molecule has 2 atom stereocenters. The summed E-state index contributed by atoms with van der Waals surface area (Å²) in [5.74, 6) is 2.27. The van der Waals surface area contributed by atoms with Gasteiger partial charge in [0.1, 0.15) is 6.26 Å². The monoisotopic (exact) mass is 468 g/mol. The summed E-state index contributed by atoms with van der Waals surface area (Å²) >= 11 is 0. The number of hydrogen-bond donors (Lipinski definition) is 2. The summed E-state index contributed by atoms with van der Waals surface area (Å²) in [5, 5.41) is 6.87. The predicted molar refractivity (Wildman–Crippen MR) is 117 cm³/mol. The molecular weight excluding hydrogens is 439 g/mol. The van der Waals surface area contributed by atoms with E-state index in [2.05, 4.69) is 46.6 Å². The van der Waals surface area contributed by atoms with E-state index in [9.17, 15) is 0 Å². The molecule has 2 unspecified atom stereocenters. The zero-order valence-electron chi connectivity index (χ0n) is 15.8. The van der Waals surface area contributed by atoms with Gasteiger partial charge in [0.25, 0.3) is 0 Å². The molecule has 1 aliphatic rings. The first kappa shape index (κ1) is 20.7. The van der Waals surface area contributed by atoms with Crippen LogP contribution >= 0.6 is 24.0 Å². The molecule has 3 rings (SSSR count). The van der Waals surface area contributed by atoms with Crippen molar-refractivity contribution in [2.45, 2.75) is 52.1 Å². The number of nitrogens with one attached hydrogen (secondary N) is 2. The van der Waals surface area contributed by atoms with Crippen molar-refractivity contribution in [2.24, 2.45) is 10.9 Å². The van der Waals surface area contributed by atoms with Crippen molar-refractivity contribution in [3.63, 3.8) is 0 Å². The van der Waals surface area contributed by atoms with Crippen molar-refractivity contribution in [2.75, 3.05) is 7.05 Å². The SMILES string of the molecule is CN=C(NCc1coc(-c2ccc(C)cc2)n1)NC1CCCC(C)C1.I. The normalized spacial score (nSPS) is 20.3. The molecule has 0 aliphatic heterocycles. The van der Waals surface area contributed by atoms with Gasteiger partial charge < -0.3 is 15.1 Å². The molecule has 5 nitrogen and oxygen atoms in total. The first-order valence-corrected chi connectivity index (χ1v) is 9.12. The van der Waals surface area contributed by atoms with Crippen LogP contribution in [0.4, 0.5) is 0 Å². The van der Waals surface area contributed by atoms with Crippen molar-refractivity contribution in [1.82, 2.24) is 15.6 Å². The summed E-state index contributed by atoms with van der Waals surface area (Å²) in [6, 6.07) is 8.70. The van der Waals surface area contributed by atoms with Crippen LogP contribution in [0, 0.1) is 12.8 Å². The Morgan fingerprint density at radius 2 is 2.04 bits per heavy atom. The molecule has 1 heterocycles. The van der Waals surface area contributed by atoms with Gasteiger partial charge in [-0.2, -0.15) is 0 Å². The highest BCUT2D eigenvalue weighted by molar-refractivity contribution is 14.0. The number of guanidine groups is 1. The van der Waals surface area contributed by atoms with Crippen LogP contribution in [0.25, 0.3) is 11.5 Å². The molecule has 6 heteroatoms. The maximum atomic E-state index is 5.61. The third-order valence-electron chi connectivity index (χ3n) is 4.79. The Kier molecular flexibility index (Phi) is 7.93. The van der Waals surface area contributed by atoms with Crippen LogP contribution in [0.2, 0.25) is 0 Å². The standard InChI is InChI=1S/C20H28N4O.HI/c1-14-7-9-16(10-8-14)19-23-18(13-25-19)12-22-20(21-3)24-17-6-4-5-15(2)11-17;/h7-10,13,15,17H,4-6,11-12H2,1-3H3,(H2,21,22,24);1H. The fourth-order valence-electron chi connectivity index (χ4n) is 3.34. The lowest BCUT2D eigenvalue weighted by Crippen LogP contribution is -2.44. The van der Waals surface area contributed by atoms with E-state index in [1.807, 2.05) is 19.2 Å². The van der Waals surface area contributed by atoms with Crippen LogP contribution in [-0.4, -0.2) is 24.0 Å². The van der Waals surface area contributed by atoms with Crippen molar-refractivity contribution in [1.29, 1.82) is 0 Å². The Morgan fingerprint density at radius 3 is 2.73 bits per heavy atom. The Morgan fingerprint density at radius 1 is 1.27 bits per heavy atom. The average Bonchev–Trinajstić information content (AvgIpc) is 3.08. The number of oxazole rings is 1. The fourth-order valence-corrected chi connectivity index (χ4v) is 3.34. The van der Waals surface area contributed by atoms with Crippen molar-refractivity contribution in [3.8, 4) is 11.5 Å². The maximum absolute atomic E-state index is 5.61. The van der Waals surface area contributed by atoms with E-state index in [0.29, 0.717) is 18.5 Å². The molecule has 2 N–H and O–H groups in total. The molecule has 1 saturated carbocycles. The van der Waals surface area contributed by atoms with E-state index in [-0.39, 0.29) is 24.0 Å². The van der Waals surface area contributed by atoms with E-state index in [4.69, 9.17) is 4.42 Å². The number of hydrogen-bond acceptors (Lipinski definition) is 3. The molecule has 0 saturated heterocycles. The maximum Gasteiger partial charge on any atom is 0.226 e. The van der Waals surface area contributed by atoms with Crippen LogP contribution < -0.4 is 10.6 Å². The number of aliphatic imine (C=N–C) groups is 1. The van der Waals surface area contributed by atoms with Crippen molar-refractivity contribution >= 4 is 29.9 Å². The minimum atomic E-state index is 0. The Balaban J connectivity index is 0.00000243. The number of halogens is 1. The van der Waals surface area contributed by atoms with Gasteiger partial charge >= 0.3 is 0 Å². The smallest absolute Gasteiger partial charge is 0.226 e. The number of aromatic nitrogens is 1. The van der Waals surface area contributed by atoms with Gasteiger partial charge in [0.05, 0.1) is 12.2 Å². The molecule has 0 spiro atoms. The lowest BCUT2D eigenvalue weighted by atomic mass is 9.87. The molecule has 1 aromatic heterocycles. The molecule has 2 aromatic rings. The molecule has 0 radical (unpaired) electrons. The van der Waals surface area contributed by atoms with Gasteiger partial charge in [-0.05, 0) is 37.8 Å².